The van der Waals surface area contributed by atoms with Crippen LogP contribution in [0.2, 0.25) is 0 Å². The standard InChI is InChI=1S/C27H19F5O/c1-2-3-4-17-5-7-18(8-6-17)19-9-12-22(24(28)16-19)20-10-13-23-21(15-20)11-14-25(26(23)29)33-27(30,31)32/h2,5-16H,1,3-4H2. The van der Waals surface area contributed by atoms with Gasteiger partial charge in [0.1, 0.15) is 5.82 Å². The molecule has 0 amide bonds. The summed E-state index contributed by atoms with van der Waals surface area (Å²) in [4.78, 5) is 0. The van der Waals surface area contributed by atoms with E-state index in [1.54, 1.807) is 12.1 Å². The van der Waals surface area contributed by atoms with Gasteiger partial charge < -0.3 is 4.74 Å². The lowest BCUT2D eigenvalue weighted by molar-refractivity contribution is -0.275. The lowest BCUT2D eigenvalue weighted by atomic mass is 9.97. The fourth-order valence-corrected chi connectivity index (χ4v) is 3.70. The van der Waals surface area contributed by atoms with E-state index < -0.39 is 23.7 Å². The molecule has 4 aromatic rings. The quantitative estimate of drug-likeness (QED) is 0.210. The van der Waals surface area contributed by atoms with Crippen molar-refractivity contribution in [2.45, 2.75) is 19.2 Å². The number of hydrogen-bond donors (Lipinski definition) is 0. The predicted molar refractivity (Wildman–Crippen MR) is 120 cm³/mol. The Morgan fingerprint density at radius 3 is 2.15 bits per heavy atom. The first-order chi connectivity index (χ1) is 15.7. The van der Waals surface area contributed by atoms with E-state index in [2.05, 4.69) is 11.3 Å². The summed E-state index contributed by atoms with van der Waals surface area (Å²) in [6, 6.07) is 19.3. The molecule has 0 bridgehead atoms. The molecule has 6 heteroatoms. The largest absolute Gasteiger partial charge is 0.573 e. The van der Waals surface area contributed by atoms with E-state index in [4.69, 9.17) is 0 Å². The number of halogens is 5. The SMILES string of the molecule is C=CCCc1ccc(-c2ccc(-c3ccc4c(F)c(OC(F)(F)F)ccc4c3)c(F)c2)cc1. The average molecular weight is 454 g/mol. The number of ether oxygens (including phenoxy) is 1. The molecule has 0 aliphatic rings. The van der Waals surface area contributed by atoms with Crippen LogP contribution in [-0.2, 0) is 6.42 Å². The second-order valence-electron chi connectivity index (χ2n) is 7.58. The summed E-state index contributed by atoms with van der Waals surface area (Å²) < 4.78 is 70.5. The van der Waals surface area contributed by atoms with Gasteiger partial charge in [0.15, 0.2) is 11.6 Å². The lowest BCUT2D eigenvalue weighted by Gasteiger charge is -2.12. The van der Waals surface area contributed by atoms with Crippen LogP contribution < -0.4 is 4.74 Å². The molecule has 0 heterocycles. The van der Waals surface area contributed by atoms with Crippen molar-refractivity contribution >= 4 is 10.8 Å². The highest BCUT2D eigenvalue weighted by Gasteiger charge is 2.32. The highest BCUT2D eigenvalue weighted by molar-refractivity contribution is 5.89. The Morgan fingerprint density at radius 2 is 1.48 bits per heavy atom. The highest BCUT2D eigenvalue weighted by Crippen LogP contribution is 2.34. The number of allylic oxidation sites excluding steroid dienone is 1. The molecule has 0 radical (unpaired) electrons. The number of benzene rings is 4. The van der Waals surface area contributed by atoms with Crippen molar-refractivity contribution in [2.75, 3.05) is 0 Å². The first-order valence-corrected chi connectivity index (χ1v) is 10.2. The van der Waals surface area contributed by atoms with Crippen molar-refractivity contribution in [3.05, 3.63) is 103 Å². The van der Waals surface area contributed by atoms with Crippen LogP contribution in [0, 0.1) is 11.6 Å². The molecule has 0 aliphatic carbocycles. The monoisotopic (exact) mass is 454 g/mol. The zero-order valence-electron chi connectivity index (χ0n) is 17.4. The summed E-state index contributed by atoms with van der Waals surface area (Å²) >= 11 is 0. The van der Waals surface area contributed by atoms with E-state index in [-0.39, 0.29) is 5.39 Å². The fraction of sp³-hybridized carbons (Fsp3) is 0.111. The molecule has 0 N–H and O–H groups in total. The van der Waals surface area contributed by atoms with Gasteiger partial charge in [-0.05, 0) is 58.7 Å². The van der Waals surface area contributed by atoms with Gasteiger partial charge in [-0.1, -0.05) is 60.7 Å². The van der Waals surface area contributed by atoms with Gasteiger partial charge in [-0.2, -0.15) is 0 Å². The molecule has 0 atom stereocenters. The molecule has 0 saturated heterocycles. The summed E-state index contributed by atoms with van der Waals surface area (Å²) in [5, 5.41) is 0.284. The zero-order chi connectivity index (χ0) is 23.6. The van der Waals surface area contributed by atoms with Crippen molar-refractivity contribution < 1.29 is 26.7 Å². The minimum absolute atomic E-state index is 0.0472. The molecular formula is C27H19F5O. The third-order valence-corrected chi connectivity index (χ3v) is 5.35. The van der Waals surface area contributed by atoms with Crippen LogP contribution in [0.25, 0.3) is 33.0 Å². The van der Waals surface area contributed by atoms with Crippen molar-refractivity contribution in [3.63, 3.8) is 0 Å². The minimum Gasteiger partial charge on any atom is -0.403 e. The summed E-state index contributed by atoms with van der Waals surface area (Å²) in [6.07, 6.45) is -1.36. The molecule has 168 valence electrons. The van der Waals surface area contributed by atoms with Crippen molar-refractivity contribution in [3.8, 4) is 28.0 Å². The second kappa shape index (κ2) is 9.06. The topological polar surface area (TPSA) is 9.23 Å². The molecular weight excluding hydrogens is 435 g/mol. The van der Waals surface area contributed by atoms with Gasteiger partial charge in [-0.15, -0.1) is 19.8 Å². The Kier molecular flexibility index (Phi) is 6.18. The normalized spacial score (nSPS) is 11.5. The first-order valence-electron chi connectivity index (χ1n) is 10.2. The van der Waals surface area contributed by atoms with E-state index >= 15 is 0 Å². The van der Waals surface area contributed by atoms with Gasteiger partial charge in [-0.3, -0.25) is 0 Å². The Labute approximate surface area is 187 Å². The van der Waals surface area contributed by atoms with Gasteiger partial charge in [0.25, 0.3) is 0 Å². The predicted octanol–water partition coefficient (Wildman–Crippen LogP) is 8.47. The van der Waals surface area contributed by atoms with Gasteiger partial charge in [-0.25, -0.2) is 8.78 Å². The second-order valence-corrected chi connectivity index (χ2v) is 7.58. The van der Waals surface area contributed by atoms with E-state index in [0.29, 0.717) is 22.1 Å². The Balaban J connectivity index is 1.63. The van der Waals surface area contributed by atoms with Crippen LogP contribution in [0.15, 0.2) is 85.5 Å². The molecule has 33 heavy (non-hydrogen) atoms. The molecule has 0 aromatic heterocycles. The molecule has 1 nitrogen and oxygen atoms in total. The first kappa shape index (κ1) is 22.5. The van der Waals surface area contributed by atoms with Crippen LogP contribution >= 0.6 is 0 Å². The van der Waals surface area contributed by atoms with Gasteiger partial charge in [0, 0.05) is 10.9 Å². The van der Waals surface area contributed by atoms with Gasteiger partial charge in [0.05, 0.1) is 0 Å². The molecule has 0 aliphatic heterocycles. The Bertz CT molecular complexity index is 1310. The lowest BCUT2D eigenvalue weighted by Crippen LogP contribution is -2.17. The van der Waals surface area contributed by atoms with Crippen LogP contribution in [0.5, 0.6) is 5.75 Å². The van der Waals surface area contributed by atoms with Gasteiger partial charge >= 0.3 is 6.36 Å². The van der Waals surface area contributed by atoms with Crippen molar-refractivity contribution in [2.24, 2.45) is 0 Å². The summed E-state index contributed by atoms with van der Waals surface area (Å²) in [5.74, 6) is -2.49. The van der Waals surface area contributed by atoms with Crippen LogP contribution in [0.1, 0.15) is 12.0 Å². The average Bonchev–Trinajstić information content (AvgIpc) is 2.79. The van der Waals surface area contributed by atoms with Crippen molar-refractivity contribution in [1.82, 2.24) is 0 Å². The minimum atomic E-state index is -4.99. The zero-order valence-corrected chi connectivity index (χ0v) is 17.4. The van der Waals surface area contributed by atoms with Crippen LogP contribution in [0.3, 0.4) is 0 Å². The molecule has 0 fully saturated rings. The van der Waals surface area contributed by atoms with Crippen molar-refractivity contribution in [1.29, 1.82) is 0 Å². The van der Waals surface area contributed by atoms with E-state index in [0.717, 1.165) is 24.5 Å². The van der Waals surface area contributed by atoms with Crippen LogP contribution in [-0.4, -0.2) is 6.36 Å². The fourth-order valence-electron chi connectivity index (χ4n) is 3.70. The maximum absolute atomic E-state index is 15.0. The third kappa shape index (κ3) is 5.06. The van der Waals surface area contributed by atoms with Gasteiger partial charge in [0.2, 0.25) is 0 Å². The summed E-state index contributed by atoms with van der Waals surface area (Å²) in [6.45, 7) is 3.71. The van der Waals surface area contributed by atoms with Crippen LogP contribution in [0.4, 0.5) is 22.0 Å². The van der Waals surface area contributed by atoms with E-state index in [9.17, 15) is 22.0 Å². The number of fused-ring (bicyclic) bond motifs is 1. The summed E-state index contributed by atoms with van der Waals surface area (Å²) in [7, 11) is 0. The third-order valence-electron chi connectivity index (χ3n) is 5.35. The van der Waals surface area contributed by atoms with E-state index in [1.165, 1.54) is 35.9 Å². The van der Waals surface area contributed by atoms with E-state index in [1.807, 2.05) is 30.3 Å². The number of hydrogen-bond acceptors (Lipinski definition) is 1. The summed E-state index contributed by atoms with van der Waals surface area (Å²) in [5.41, 5.74) is 3.55. The Morgan fingerprint density at radius 1 is 0.788 bits per heavy atom. The number of alkyl halides is 3. The molecule has 0 spiro atoms. The number of rotatable bonds is 6. The molecule has 0 unspecified atom stereocenters. The highest BCUT2D eigenvalue weighted by atomic mass is 19.4. The molecule has 4 rings (SSSR count). The molecule has 4 aromatic carbocycles. The Hall–Kier alpha value is -3.67. The molecule has 0 saturated carbocycles. The maximum Gasteiger partial charge on any atom is 0.573 e. The maximum atomic E-state index is 15.0. The smallest absolute Gasteiger partial charge is 0.403 e. The number of aryl methyl sites for hydroxylation is 1.